The highest BCUT2D eigenvalue weighted by molar-refractivity contribution is 6.19. The SMILES string of the molecule is CC(CCN1CCCCC1)c1c2[nH]c3ccccc3c2cc2c1[nH]c1ccccc12. The fourth-order valence-electron chi connectivity index (χ4n) is 5.52. The van der Waals surface area contributed by atoms with Crippen molar-refractivity contribution in [1.82, 2.24) is 14.9 Å². The Bertz CT molecular complexity index is 1260. The minimum Gasteiger partial charge on any atom is -0.354 e. The van der Waals surface area contributed by atoms with Gasteiger partial charge in [-0.1, -0.05) is 49.7 Å². The van der Waals surface area contributed by atoms with Crippen LogP contribution in [0.5, 0.6) is 0 Å². The molecule has 0 amide bonds. The molecule has 0 saturated carbocycles. The molecule has 1 aliphatic heterocycles. The predicted octanol–water partition coefficient (Wildman–Crippen LogP) is 6.94. The average Bonchev–Trinajstić information content (AvgIpc) is 3.34. The normalized spacial score (nSPS) is 16.8. The lowest BCUT2D eigenvalue weighted by atomic mass is 9.92. The zero-order chi connectivity index (χ0) is 20.1. The van der Waals surface area contributed by atoms with Gasteiger partial charge in [0.1, 0.15) is 0 Å². The number of fused-ring (bicyclic) bond motifs is 6. The van der Waals surface area contributed by atoms with Crippen molar-refractivity contribution in [3.8, 4) is 0 Å². The number of benzene rings is 3. The van der Waals surface area contributed by atoms with Crippen molar-refractivity contribution in [1.29, 1.82) is 0 Å². The van der Waals surface area contributed by atoms with E-state index in [2.05, 4.69) is 76.4 Å². The summed E-state index contributed by atoms with van der Waals surface area (Å²) in [7, 11) is 0. The van der Waals surface area contributed by atoms with Crippen LogP contribution in [0.25, 0.3) is 43.6 Å². The molecule has 152 valence electrons. The lowest BCUT2D eigenvalue weighted by molar-refractivity contribution is 0.222. The van der Waals surface area contributed by atoms with Crippen molar-refractivity contribution in [2.24, 2.45) is 0 Å². The molecule has 5 aromatic rings. The highest BCUT2D eigenvalue weighted by atomic mass is 15.1. The molecule has 3 heterocycles. The largest absolute Gasteiger partial charge is 0.354 e. The smallest absolute Gasteiger partial charge is 0.0521 e. The van der Waals surface area contributed by atoms with Crippen molar-refractivity contribution < 1.29 is 0 Å². The number of likely N-dealkylation sites (tertiary alicyclic amines) is 1. The summed E-state index contributed by atoms with van der Waals surface area (Å²) in [6, 6.07) is 19.8. The highest BCUT2D eigenvalue weighted by Gasteiger charge is 2.21. The zero-order valence-corrected chi connectivity index (χ0v) is 17.7. The van der Waals surface area contributed by atoms with E-state index in [-0.39, 0.29) is 0 Å². The lowest BCUT2D eigenvalue weighted by Crippen LogP contribution is -2.31. The van der Waals surface area contributed by atoms with Crippen LogP contribution in [0.15, 0.2) is 54.6 Å². The van der Waals surface area contributed by atoms with Crippen LogP contribution in [-0.2, 0) is 0 Å². The molecular formula is C27H29N3. The Morgan fingerprint density at radius 3 is 1.93 bits per heavy atom. The maximum Gasteiger partial charge on any atom is 0.0521 e. The molecule has 3 aromatic carbocycles. The second-order valence-electron chi connectivity index (χ2n) is 9.07. The molecular weight excluding hydrogens is 366 g/mol. The molecule has 3 nitrogen and oxygen atoms in total. The minimum atomic E-state index is 0.485. The Kier molecular flexibility index (Phi) is 4.31. The first-order valence-corrected chi connectivity index (χ1v) is 11.5. The fourth-order valence-corrected chi connectivity index (χ4v) is 5.52. The van der Waals surface area contributed by atoms with Crippen LogP contribution in [-0.4, -0.2) is 34.5 Å². The van der Waals surface area contributed by atoms with E-state index in [0.29, 0.717) is 5.92 Å². The molecule has 0 radical (unpaired) electrons. The number of rotatable bonds is 4. The van der Waals surface area contributed by atoms with Gasteiger partial charge in [0.25, 0.3) is 0 Å². The van der Waals surface area contributed by atoms with Crippen LogP contribution < -0.4 is 0 Å². The molecule has 30 heavy (non-hydrogen) atoms. The van der Waals surface area contributed by atoms with Crippen LogP contribution in [0.2, 0.25) is 0 Å². The number of hydrogen-bond acceptors (Lipinski definition) is 1. The summed E-state index contributed by atoms with van der Waals surface area (Å²) in [5, 5.41) is 5.35. The van der Waals surface area contributed by atoms with E-state index in [1.54, 1.807) is 0 Å². The predicted molar refractivity (Wildman–Crippen MR) is 128 cm³/mol. The molecule has 1 aliphatic rings. The summed E-state index contributed by atoms with van der Waals surface area (Å²) in [4.78, 5) is 10.2. The quantitative estimate of drug-likeness (QED) is 0.340. The lowest BCUT2D eigenvalue weighted by Gasteiger charge is -2.27. The number of aromatic amines is 2. The van der Waals surface area contributed by atoms with Gasteiger partial charge in [-0.15, -0.1) is 0 Å². The molecule has 3 heteroatoms. The summed E-state index contributed by atoms with van der Waals surface area (Å²) in [5.74, 6) is 0.485. The second kappa shape index (κ2) is 7.17. The molecule has 1 saturated heterocycles. The Labute approximate surface area is 177 Å². The van der Waals surface area contributed by atoms with E-state index < -0.39 is 0 Å². The number of hydrogen-bond donors (Lipinski definition) is 2. The van der Waals surface area contributed by atoms with Crippen LogP contribution in [0, 0.1) is 0 Å². The zero-order valence-electron chi connectivity index (χ0n) is 17.7. The molecule has 1 unspecified atom stereocenters. The number of H-pyrrole nitrogens is 2. The van der Waals surface area contributed by atoms with Gasteiger partial charge in [-0.25, -0.2) is 0 Å². The van der Waals surface area contributed by atoms with Gasteiger partial charge < -0.3 is 14.9 Å². The highest BCUT2D eigenvalue weighted by Crippen LogP contribution is 2.40. The first kappa shape index (κ1) is 18.0. The number of piperidine rings is 1. The summed E-state index contributed by atoms with van der Waals surface area (Å²) >= 11 is 0. The summed E-state index contributed by atoms with van der Waals surface area (Å²) < 4.78 is 0. The van der Waals surface area contributed by atoms with E-state index in [1.165, 1.54) is 94.5 Å². The molecule has 0 aliphatic carbocycles. The van der Waals surface area contributed by atoms with Crippen molar-refractivity contribution >= 4 is 43.6 Å². The van der Waals surface area contributed by atoms with Gasteiger partial charge in [-0.3, -0.25) is 0 Å². The monoisotopic (exact) mass is 395 g/mol. The van der Waals surface area contributed by atoms with Gasteiger partial charge in [0.15, 0.2) is 0 Å². The van der Waals surface area contributed by atoms with E-state index in [9.17, 15) is 0 Å². The van der Waals surface area contributed by atoms with Crippen molar-refractivity contribution in [3.63, 3.8) is 0 Å². The van der Waals surface area contributed by atoms with E-state index >= 15 is 0 Å². The minimum absolute atomic E-state index is 0.485. The third-order valence-corrected chi connectivity index (χ3v) is 7.14. The first-order chi connectivity index (χ1) is 14.8. The van der Waals surface area contributed by atoms with Crippen molar-refractivity contribution in [3.05, 3.63) is 60.2 Å². The number of para-hydroxylation sites is 2. The molecule has 6 rings (SSSR count). The van der Waals surface area contributed by atoms with Crippen LogP contribution in [0.4, 0.5) is 0 Å². The Balaban J connectivity index is 1.54. The van der Waals surface area contributed by atoms with E-state index in [0.717, 1.165) is 0 Å². The van der Waals surface area contributed by atoms with Gasteiger partial charge in [0.2, 0.25) is 0 Å². The van der Waals surface area contributed by atoms with Crippen molar-refractivity contribution in [2.45, 2.75) is 38.5 Å². The Hall–Kier alpha value is -2.78. The maximum absolute atomic E-state index is 3.77. The maximum atomic E-state index is 3.77. The fraction of sp³-hybridized carbons (Fsp3) is 0.333. The molecule has 2 N–H and O–H groups in total. The number of nitrogens with zero attached hydrogens (tertiary/aromatic N) is 1. The third-order valence-electron chi connectivity index (χ3n) is 7.14. The molecule has 2 aromatic heterocycles. The molecule has 0 bridgehead atoms. The summed E-state index contributed by atoms with van der Waals surface area (Å²) in [6.45, 7) is 6.14. The standard InChI is InChI=1S/C27H29N3/c1-18(13-16-30-14-7-2-8-15-30)25-26-21(19-9-3-5-11-23(19)28-26)17-22-20-10-4-6-12-24(20)29-27(22)25/h3-6,9-12,17-18,28-29H,2,7-8,13-16H2,1H3. The van der Waals surface area contributed by atoms with Gasteiger partial charge >= 0.3 is 0 Å². The summed E-state index contributed by atoms with van der Waals surface area (Å²) in [6.07, 6.45) is 5.31. The van der Waals surface area contributed by atoms with Gasteiger partial charge in [-0.2, -0.15) is 0 Å². The average molecular weight is 396 g/mol. The number of nitrogens with one attached hydrogen (secondary N) is 2. The first-order valence-electron chi connectivity index (χ1n) is 11.5. The Morgan fingerprint density at radius 1 is 0.767 bits per heavy atom. The Morgan fingerprint density at radius 2 is 1.33 bits per heavy atom. The van der Waals surface area contributed by atoms with Crippen molar-refractivity contribution in [2.75, 3.05) is 19.6 Å². The van der Waals surface area contributed by atoms with Gasteiger partial charge in [0.05, 0.1) is 11.0 Å². The van der Waals surface area contributed by atoms with E-state index in [4.69, 9.17) is 0 Å². The van der Waals surface area contributed by atoms with Gasteiger partial charge in [-0.05, 0) is 63.0 Å². The molecule has 1 atom stereocenters. The molecule has 0 spiro atoms. The van der Waals surface area contributed by atoms with Crippen LogP contribution in [0.3, 0.4) is 0 Å². The third kappa shape index (κ3) is 2.84. The van der Waals surface area contributed by atoms with E-state index in [1.807, 2.05) is 0 Å². The molecule has 1 fully saturated rings. The number of aromatic nitrogens is 2. The van der Waals surface area contributed by atoms with Gasteiger partial charge in [0, 0.05) is 38.1 Å². The summed E-state index contributed by atoms with van der Waals surface area (Å²) in [5.41, 5.74) is 6.53. The second-order valence-corrected chi connectivity index (χ2v) is 9.07. The topological polar surface area (TPSA) is 34.8 Å². The van der Waals surface area contributed by atoms with Crippen LogP contribution >= 0.6 is 0 Å². The van der Waals surface area contributed by atoms with Crippen LogP contribution in [0.1, 0.15) is 44.1 Å².